The summed E-state index contributed by atoms with van der Waals surface area (Å²) in [7, 11) is 1.31. The lowest BCUT2D eigenvalue weighted by Gasteiger charge is -2.12. The van der Waals surface area contributed by atoms with Gasteiger partial charge in [0, 0.05) is 16.9 Å². The molecular formula is C28H24IN3O4. The molecule has 7 nitrogen and oxygen atoms in total. The fourth-order valence-electron chi connectivity index (χ4n) is 3.62. The van der Waals surface area contributed by atoms with Crippen LogP contribution >= 0.6 is 22.6 Å². The SMILES string of the molecule is COC(=O)COc1ccc(/C=N/NC(=O)c2ccc(-n3c(C)ccc3-c3ccccc3)cc2)cc1I. The average molecular weight is 593 g/mol. The van der Waals surface area contributed by atoms with Gasteiger partial charge in [-0.2, -0.15) is 5.10 Å². The van der Waals surface area contributed by atoms with Crippen LogP contribution in [0.1, 0.15) is 21.6 Å². The number of amides is 1. The molecule has 36 heavy (non-hydrogen) atoms. The topological polar surface area (TPSA) is 81.9 Å². The normalized spacial score (nSPS) is 10.9. The van der Waals surface area contributed by atoms with Gasteiger partial charge in [0.15, 0.2) is 6.61 Å². The number of carbonyl (C=O) groups is 2. The maximum atomic E-state index is 12.6. The summed E-state index contributed by atoms with van der Waals surface area (Å²) in [5.74, 6) is -0.194. The van der Waals surface area contributed by atoms with Crippen LogP contribution in [0.2, 0.25) is 0 Å². The Labute approximate surface area is 222 Å². The molecule has 0 bridgehead atoms. The number of aryl methyl sites for hydroxylation is 1. The molecule has 0 spiro atoms. The Bertz CT molecular complexity index is 1400. The first-order chi connectivity index (χ1) is 17.5. The molecule has 0 aliphatic rings. The highest BCUT2D eigenvalue weighted by molar-refractivity contribution is 14.1. The first kappa shape index (κ1) is 25.2. The largest absolute Gasteiger partial charge is 0.481 e. The molecule has 1 aromatic heterocycles. The molecule has 182 valence electrons. The van der Waals surface area contributed by atoms with Crippen molar-refractivity contribution < 1.29 is 19.1 Å². The number of rotatable bonds is 8. The Hall–Kier alpha value is -3.92. The molecule has 8 heteroatoms. The third-order valence-corrected chi connectivity index (χ3v) is 6.29. The van der Waals surface area contributed by atoms with Gasteiger partial charge in [-0.15, -0.1) is 0 Å². The number of hydrogen-bond acceptors (Lipinski definition) is 5. The molecule has 1 amide bonds. The first-order valence-corrected chi connectivity index (χ1v) is 12.2. The molecule has 3 aromatic carbocycles. The van der Waals surface area contributed by atoms with E-state index in [4.69, 9.17) is 4.74 Å². The van der Waals surface area contributed by atoms with Crippen LogP contribution in [0.25, 0.3) is 16.9 Å². The van der Waals surface area contributed by atoms with Crippen LogP contribution < -0.4 is 10.2 Å². The molecule has 4 aromatic rings. The lowest BCUT2D eigenvalue weighted by Crippen LogP contribution is -2.17. The van der Waals surface area contributed by atoms with Crippen molar-refractivity contribution in [1.29, 1.82) is 0 Å². The summed E-state index contributed by atoms with van der Waals surface area (Å²) in [4.78, 5) is 23.8. The van der Waals surface area contributed by atoms with Crippen LogP contribution in [-0.4, -0.2) is 36.4 Å². The van der Waals surface area contributed by atoms with Gasteiger partial charge >= 0.3 is 5.97 Å². The van der Waals surface area contributed by atoms with E-state index in [1.165, 1.54) is 7.11 Å². The summed E-state index contributed by atoms with van der Waals surface area (Å²) in [6.07, 6.45) is 1.55. The van der Waals surface area contributed by atoms with Crippen molar-refractivity contribution >= 4 is 40.7 Å². The molecule has 0 aliphatic heterocycles. The minimum absolute atomic E-state index is 0.160. The van der Waals surface area contributed by atoms with Gasteiger partial charge in [0.1, 0.15) is 5.75 Å². The second-order valence-electron chi connectivity index (χ2n) is 7.86. The number of esters is 1. The molecule has 0 saturated carbocycles. The Morgan fingerprint density at radius 2 is 1.75 bits per heavy atom. The monoisotopic (exact) mass is 593 g/mol. The van der Waals surface area contributed by atoms with E-state index in [0.717, 1.165) is 31.8 Å². The standard InChI is InChI=1S/C28H24IN3O4/c1-19-8-14-25(21-6-4-3-5-7-21)32(19)23-12-10-22(11-13-23)28(34)31-30-17-20-9-15-26(24(29)16-20)36-18-27(33)35-2/h3-17H,18H2,1-2H3,(H,31,34)/b30-17+. The minimum atomic E-state index is -0.452. The average Bonchev–Trinajstić information content (AvgIpc) is 3.29. The fourth-order valence-corrected chi connectivity index (χ4v) is 4.31. The number of aromatic nitrogens is 1. The molecule has 0 unspecified atom stereocenters. The maximum absolute atomic E-state index is 12.6. The van der Waals surface area contributed by atoms with E-state index in [-0.39, 0.29) is 12.5 Å². The summed E-state index contributed by atoms with van der Waals surface area (Å²) < 4.78 is 13.0. The maximum Gasteiger partial charge on any atom is 0.343 e. The van der Waals surface area contributed by atoms with E-state index in [2.05, 4.69) is 73.6 Å². The number of halogens is 1. The van der Waals surface area contributed by atoms with Gasteiger partial charge in [0.05, 0.1) is 22.6 Å². The smallest absolute Gasteiger partial charge is 0.343 e. The second-order valence-corrected chi connectivity index (χ2v) is 9.02. The predicted molar refractivity (Wildman–Crippen MR) is 148 cm³/mol. The highest BCUT2D eigenvalue weighted by Gasteiger charge is 2.11. The fraction of sp³-hybridized carbons (Fsp3) is 0.107. The molecule has 0 saturated heterocycles. The third kappa shape index (κ3) is 6.01. The number of nitrogens with one attached hydrogen (secondary N) is 1. The summed E-state index contributed by atoms with van der Waals surface area (Å²) >= 11 is 2.11. The van der Waals surface area contributed by atoms with Crippen LogP contribution in [0.15, 0.2) is 90.0 Å². The van der Waals surface area contributed by atoms with Crippen molar-refractivity contribution in [2.75, 3.05) is 13.7 Å². The van der Waals surface area contributed by atoms with Crippen LogP contribution in [-0.2, 0) is 9.53 Å². The summed E-state index contributed by atoms with van der Waals surface area (Å²) in [5.41, 5.74) is 8.13. The number of benzene rings is 3. The van der Waals surface area contributed by atoms with Crippen LogP contribution in [0.3, 0.4) is 0 Å². The Balaban J connectivity index is 1.41. The molecule has 0 radical (unpaired) electrons. The van der Waals surface area contributed by atoms with Gasteiger partial charge in [-0.25, -0.2) is 10.2 Å². The number of carbonyl (C=O) groups excluding carboxylic acids is 2. The molecule has 1 heterocycles. The van der Waals surface area contributed by atoms with E-state index in [0.29, 0.717) is 11.3 Å². The quantitative estimate of drug-likeness (QED) is 0.129. The van der Waals surface area contributed by atoms with Crippen molar-refractivity contribution in [1.82, 2.24) is 9.99 Å². The Morgan fingerprint density at radius 3 is 2.44 bits per heavy atom. The van der Waals surface area contributed by atoms with Crippen molar-refractivity contribution in [2.24, 2.45) is 5.10 Å². The van der Waals surface area contributed by atoms with E-state index >= 15 is 0 Å². The lowest BCUT2D eigenvalue weighted by atomic mass is 10.1. The van der Waals surface area contributed by atoms with Crippen LogP contribution in [0, 0.1) is 10.5 Å². The zero-order chi connectivity index (χ0) is 25.5. The van der Waals surface area contributed by atoms with Crippen LogP contribution in [0.5, 0.6) is 5.75 Å². The number of methoxy groups -OCH3 is 1. The van der Waals surface area contributed by atoms with Crippen molar-refractivity contribution in [2.45, 2.75) is 6.92 Å². The van der Waals surface area contributed by atoms with Gasteiger partial charge in [-0.3, -0.25) is 4.79 Å². The molecule has 0 atom stereocenters. The summed E-state index contributed by atoms with van der Waals surface area (Å²) in [6, 6.07) is 27.1. The highest BCUT2D eigenvalue weighted by Crippen LogP contribution is 2.26. The number of hydrazone groups is 1. The lowest BCUT2D eigenvalue weighted by molar-refractivity contribution is -0.142. The number of hydrogen-bond donors (Lipinski definition) is 1. The first-order valence-electron chi connectivity index (χ1n) is 11.1. The Kier molecular flexibility index (Phi) is 8.17. The van der Waals surface area contributed by atoms with E-state index in [1.807, 2.05) is 36.4 Å². The van der Waals surface area contributed by atoms with Gasteiger partial charge in [0.25, 0.3) is 5.91 Å². The van der Waals surface area contributed by atoms with Gasteiger partial charge in [0.2, 0.25) is 0 Å². The van der Waals surface area contributed by atoms with E-state index in [1.54, 1.807) is 30.5 Å². The minimum Gasteiger partial charge on any atom is -0.481 e. The molecule has 1 N–H and O–H groups in total. The van der Waals surface area contributed by atoms with Crippen molar-refractivity contribution in [3.8, 4) is 22.7 Å². The number of nitrogens with zero attached hydrogens (tertiary/aromatic N) is 2. The molecule has 4 rings (SSSR count). The van der Waals surface area contributed by atoms with Gasteiger partial charge in [-0.05, 0) is 95.2 Å². The molecule has 0 fully saturated rings. The summed E-state index contributed by atoms with van der Waals surface area (Å²) in [6.45, 7) is 1.90. The highest BCUT2D eigenvalue weighted by atomic mass is 127. The zero-order valence-electron chi connectivity index (χ0n) is 19.8. The Morgan fingerprint density at radius 1 is 1.00 bits per heavy atom. The molecule has 0 aliphatic carbocycles. The van der Waals surface area contributed by atoms with Gasteiger partial charge in [-0.1, -0.05) is 30.3 Å². The van der Waals surface area contributed by atoms with Crippen molar-refractivity contribution in [3.63, 3.8) is 0 Å². The summed E-state index contributed by atoms with van der Waals surface area (Å²) in [5, 5.41) is 4.07. The van der Waals surface area contributed by atoms with E-state index < -0.39 is 5.97 Å². The third-order valence-electron chi connectivity index (χ3n) is 5.44. The number of ether oxygens (including phenoxy) is 2. The second kappa shape index (κ2) is 11.7. The van der Waals surface area contributed by atoms with Gasteiger partial charge < -0.3 is 14.0 Å². The van der Waals surface area contributed by atoms with E-state index in [9.17, 15) is 9.59 Å². The predicted octanol–water partition coefficient (Wildman–Crippen LogP) is 5.37. The molecular weight excluding hydrogens is 569 g/mol. The zero-order valence-corrected chi connectivity index (χ0v) is 21.9. The van der Waals surface area contributed by atoms with Crippen molar-refractivity contribution in [3.05, 3.63) is 105 Å². The van der Waals surface area contributed by atoms with Crippen LogP contribution in [0.4, 0.5) is 0 Å².